The van der Waals surface area contributed by atoms with E-state index >= 15 is 0 Å². The average molecular weight is 469 g/mol. The molecule has 1 atom stereocenters. The second-order valence-electron chi connectivity index (χ2n) is 8.57. The van der Waals surface area contributed by atoms with Crippen LogP contribution in [0.1, 0.15) is 36.9 Å². The lowest BCUT2D eigenvalue weighted by Crippen LogP contribution is -2.42. The second-order valence-corrected chi connectivity index (χ2v) is 8.57. The third-order valence-electron chi connectivity index (χ3n) is 6.30. The highest BCUT2D eigenvalue weighted by Gasteiger charge is 2.31. The van der Waals surface area contributed by atoms with E-state index in [4.69, 9.17) is 0 Å². The molecule has 34 heavy (non-hydrogen) atoms. The topological polar surface area (TPSA) is 94.5 Å². The molecule has 10 heteroatoms. The Bertz CT molecular complexity index is 1290. The van der Waals surface area contributed by atoms with Crippen LogP contribution >= 0.6 is 0 Å². The molecule has 2 aliphatic heterocycles. The standard InChI is InChI=1S/C24H22F3N5O2/c25-24(26,27)17-5-7-19-20(10-17)31-22(30-19)15-3-6-18(28-12-15)14-4-8-21(29-11-14)32-9-1-2-16(13-32)23(33)34/h3,5-7,10-12,16H,1-2,4,8-9,13H2,(H,30,31)(H,33,34)/t16-/m0/s1. The molecular weight excluding hydrogens is 447 g/mol. The Labute approximate surface area is 193 Å². The summed E-state index contributed by atoms with van der Waals surface area (Å²) in [5.41, 5.74) is 2.45. The SMILES string of the molecule is O=C(O)[C@H]1CCCN(C2=NC=C(c3ccc(-c4nc5ccc(C(F)(F)F)cc5[nH]4)cn3)CC2)C1. The number of hydrogen-bond donors (Lipinski definition) is 2. The summed E-state index contributed by atoms with van der Waals surface area (Å²) in [6.07, 6.45) is 2.01. The molecule has 0 amide bonds. The Kier molecular flexibility index (Phi) is 5.59. The quantitative estimate of drug-likeness (QED) is 0.565. The number of carbonyl (C=O) groups is 1. The number of aliphatic imine (C=N–C) groups is 1. The van der Waals surface area contributed by atoms with Crippen molar-refractivity contribution in [3.8, 4) is 11.4 Å². The van der Waals surface area contributed by atoms with Gasteiger partial charge in [0, 0.05) is 37.5 Å². The maximum Gasteiger partial charge on any atom is 0.416 e. The van der Waals surface area contributed by atoms with E-state index in [1.807, 2.05) is 12.1 Å². The van der Waals surface area contributed by atoms with Gasteiger partial charge in [-0.15, -0.1) is 0 Å². The van der Waals surface area contributed by atoms with E-state index in [0.717, 1.165) is 48.6 Å². The smallest absolute Gasteiger partial charge is 0.416 e. The van der Waals surface area contributed by atoms with E-state index in [2.05, 4.69) is 24.8 Å². The van der Waals surface area contributed by atoms with Gasteiger partial charge in [0.25, 0.3) is 0 Å². The molecule has 2 aliphatic rings. The molecule has 2 N–H and O–H groups in total. The van der Waals surface area contributed by atoms with Crippen LogP contribution in [-0.4, -0.2) is 49.9 Å². The minimum Gasteiger partial charge on any atom is -0.481 e. The number of imidazole rings is 1. The van der Waals surface area contributed by atoms with Gasteiger partial charge in [-0.2, -0.15) is 13.2 Å². The number of hydrogen-bond acceptors (Lipinski definition) is 5. The van der Waals surface area contributed by atoms with Crippen LogP contribution in [0.5, 0.6) is 0 Å². The Morgan fingerprint density at radius 2 is 2.03 bits per heavy atom. The van der Waals surface area contributed by atoms with Gasteiger partial charge in [0.2, 0.25) is 0 Å². The molecule has 1 saturated heterocycles. The van der Waals surface area contributed by atoms with Crippen molar-refractivity contribution in [2.75, 3.05) is 13.1 Å². The largest absolute Gasteiger partial charge is 0.481 e. The number of fused-ring (bicyclic) bond motifs is 1. The molecular formula is C24H22F3N5O2. The first-order valence-corrected chi connectivity index (χ1v) is 11.0. The van der Waals surface area contributed by atoms with Crippen molar-refractivity contribution in [1.82, 2.24) is 19.9 Å². The van der Waals surface area contributed by atoms with E-state index in [1.54, 1.807) is 12.4 Å². The normalized spacial score (nSPS) is 19.1. The molecule has 1 aromatic carbocycles. The lowest BCUT2D eigenvalue weighted by Gasteiger charge is -2.34. The number of aromatic amines is 1. The lowest BCUT2D eigenvalue weighted by molar-refractivity contribution is -0.143. The van der Waals surface area contributed by atoms with Crippen LogP contribution in [0.2, 0.25) is 0 Å². The number of carboxylic acids is 1. The summed E-state index contributed by atoms with van der Waals surface area (Å²) in [7, 11) is 0. The van der Waals surface area contributed by atoms with E-state index in [1.165, 1.54) is 6.07 Å². The van der Waals surface area contributed by atoms with Gasteiger partial charge < -0.3 is 15.0 Å². The molecule has 0 bridgehead atoms. The number of nitrogens with one attached hydrogen (secondary N) is 1. The number of likely N-dealkylation sites (tertiary alicyclic amines) is 1. The van der Waals surface area contributed by atoms with Crippen LogP contribution in [0.3, 0.4) is 0 Å². The zero-order valence-electron chi connectivity index (χ0n) is 18.1. The number of rotatable bonds is 3. The minimum absolute atomic E-state index is 0.314. The van der Waals surface area contributed by atoms with E-state index < -0.39 is 17.7 Å². The highest BCUT2D eigenvalue weighted by molar-refractivity contribution is 5.88. The fourth-order valence-corrected chi connectivity index (χ4v) is 4.42. The molecule has 0 unspecified atom stereocenters. The highest BCUT2D eigenvalue weighted by atomic mass is 19.4. The fraction of sp³-hybridized carbons (Fsp3) is 0.333. The number of benzene rings is 1. The van der Waals surface area contributed by atoms with Gasteiger partial charge in [0.15, 0.2) is 0 Å². The van der Waals surface area contributed by atoms with Crippen LogP contribution in [0.25, 0.3) is 28.0 Å². The number of piperidine rings is 1. The average Bonchev–Trinajstić information content (AvgIpc) is 3.27. The lowest BCUT2D eigenvalue weighted by atomic mass is 9.97. The Hall–Kier alpha value is -3.69. The monoisotopic (exact) mass is 469 g/mol. The third kappa shape index (κ3) is 4.40. The fourth-order valence-electron chi connectivity index (χ4n) is 4.42. The first-order chi connectivity index (χ1) is 16.3. The van der Waals surface area contributed by atoms with Gasteiger partial charge in [-0.3, -0.25) is 9.78 Å². The van der Waals surface area contributed by atoms with Crippen molar-refractivity contribution >= 4 is 28.4 Å². The van der Waals surface area contributed by atoms with E-state index in [0.29, 0.717) is 41.8 Å². The van der Waals surface area contributed by atoms with Crippen LogP contribution in [0.4, 0.5) is 13.2 Å². The number of pyridine rings is 1. The number of carboxylic acid groups (broad SMARTS) is 1. The zero-order valence-corrected chi connectivity index (χ0v) is 18.1. The van der Waals surface area contributed by atoms with Crippen LogP contribution in [0, 0.1) is 5.92 Å². The molecule has 176 valence electrons. The first kappa shape index (κ1) is 22.1. The van der Waals surface area contributed by atoms with Gasteiger partial charge in [-0.05, 0) is 55.2 Å². The molecule has 3 aromatic rings. The van der Waals surface area contributed by atoms with Gasteiger partial charge in [-0.1, -0.05) is 0 Å². The summed E-state index contributed by atoms with van der Waals surface area (Å²) in [6.45, 7) is 1.31. The van der Waals surface area contributed by atoms with Gasteiger partial charge in [-0.25, -0.2) is 9.98 Å². The van der Waals surface area contributed by atoms with Crippen molar-refractivity contribution in [2.45, 2.75) is 31.9 Å². The predicted molar refractivity (Wildman–Crippen MR) is 121 cm³/mol. The van der Waals surface area contributed by atoms with Crippen LogP contribution in [-0.2, 0) is 11.0 Å². The second kappa shape index (κ2) is 8.58. The predicted octanol–water partition coefficient (Wildman–Crippen LogP) is 4.97. The van der Waals surface area contributed by atoms with Gasteiger partial charge >= 0.3 is 12.1 Å². The summed E-state index contributed by atoms with van der Waals surface area (Å²) in [6, 6.07) is 7.09. The summed E-state index contributed by atoms with van der Waals surface area (Å²) in [5, 5.41) is 9.30. The number of alkyl halides is 3. The van der Waals surface area contributed by atoms with Crippen molar-refractivity contribution in [3.05, 3.63) is 54.0 Å². The Balaban J connectivity index is 1.32. The van der Waals surface area contributed by atoms with Gasteiger partial charge in [0.1, 0.15) is 11.7 Å². The molecule has 0 spiro atoms. The third-order valence-corrected chi connectivity index (χ3v) is 6.30. The highest BCUT2D eigenvalue weighted by Crippen LogP contribution is 2.32. The summed E-state index contributed by atoms with van der Waals surface area (Å²) in [4.78, 5) is 29.8. The van der Waals surface area contributed by atoms with Gasteiger partial charge in [0.05, 0.1) is 28.2 Å². The maximum absolute atomic E-state index is 13.0. The van der Waals surface area contributed by atoms with E-state index in [9.17, 15) is 23.1 Å². The molecule has 5 rings (SSSR count). The molecule has 0 radical (unpaired) electrons. The molecule has 0 saturated carbocycles. The van der Waals surface area contributed by atoms with Crippen molar-refractivity contribution in [2.24, 2.45) is 10.9 Å². The molecule has 4 heterocycles. The Morgan fingerprint density at radius 3 is 2.71 bits per heavy atom. The maximum atomic E-state index is 13.0. The van der Waals surface area contributed by atoms with Crippen LogP contribution in [0.15, 0.2) is 47.7 Å². The number of halogens is 3. The molecule has 2 aromatic heterocycles. The molecule has 1 fully saturated rings. The zero-order chi connectivity index (χ0) is 23.9. The van der Waals surface area contributed by atoms with Crippen LogP contribution < -0.4 is 0 Å². The number of H-pyrrole nitrogens is 1. The Morgan fingerprint density at radius 1 is 1.18 bits per heavy atom. The summed E-state index contributed by atoms with van der Waals surface area (Å²) in [5.74, 6) is 0.248. The number of aromatic nitrogens is 3. The minimum atomic E-state index is -4.41. The number of allylic oxidation sites excluding steroid dienone is 1. The summed E-state index contributed by atoms with van der Waals surface area (Å²) < 4.78 is 38.9. The first-order valence-electron chi connectivity index (χ1n) is 11.0. The summed E-state index contributed by atoms with van der Waals surface area (Å²) >= 11 is 0. The van der Waals surface area contributed by atoms with E-state index in [-0.39, 0.29) is 5.92 Å². The number of aliphatic carboxylic acids is 1. The molecule has 7 nitrogen and oxygen atoms in total. The number of nitrogens with zero attached hydrogens (tertiary/aromatic N) is 4. The van der Waals surface area contributed by atoms with Crippen molar-refractivity contribution < 1.29 is 23.1 Å². The van der Waals surface area contributed by atoms with Crippen molar-refractivity contribution in [1.29, 1.82) is 0 Å². The van der Waals surface area contributed by atoms with Crippen molar-refractivity contribution in [3.63, 3.8) is 0 Å². The molecule has 0 aliphatic carbocycles. The number of amidine groups is 1.